The molecule has 0 radical (unpaired) electrons. The maximum atomic E-state index is 11.3. The second-order valence-corrected chi connectivity index (χ2v) is 3.77. The van der Waals surface area contributed by atoms with E-state index in [9.17, 15) is 4.79 Å². The molecule has 0 aliphatic carbocycles. The molecular weight excluding hydrogens is 240 g/mol. The fourth-order valence-corrected chi connectivity index (χ4v) is 1.50. The van der Waals surface area contributed by atoms with Crippen molar-refractivity contribution < 1.29 is 14.3 Å². The maximum absolute atomic E-state index is 11.3. The Labute approximate surface area is 106 Å². The van der Waals surface area contributed by atoms with Gasteiger partial charge in [0.05, 0.1) is 13.5 Å². The van der Waals surface area contributed by atoms with Crippen LogP contribution in [0.25, 0.3) is 0 Å². The number of ether oxygens (including phenoxy) is 2. The molecule has 0 atom stereocenters. The summed E-state index contributed by atoms with van der Waals surface area (Å²) in [7, 11) is 1.53. The predicted octanol–water partition coefficient (Wildman–Crippen LogP) is 2.96. The van der Waals surface area contributed by atoms with Crippen molar-refractivity contribution in [1.82, 2.24) is 0 Å². The number of alkyl halides is 1. The van der Waals surface area contributed by atoms with E-state index in [0.29, 0.717) is 11.5 Å². The topological polar surface area (TPSA) is 35.5 Å². The Morgan fingerprint density at radius 3 is 2.82 bits per heavy atom. The monoisotopic (exact) mass is 254 g/mol. The van der Waals surface area contributed by atoms with E-state index in [4.69, 9.17) is 21.1 Å². The summed E-state index contributed by atoms with van der Waals surface area (Å²) in [5.41, 5.74) is 1.05. The standard InChI is InChI=1S/C13H15ClO3/c1-3-4-10-5-6-11(12(9-10)16-2)17-13(15)7-8-14/h3,5-6,9H,1,4,7-8H2,2H3. The summed E-state index contributed by atoms with van der Waals surface area (Å²) in [5.74, 6) is 0.827. The van der Waals surface area contributed by atoms with Crippen LogP contribution < -0.4 is 9.47 Å². The SMILES string of the molecule is C=CCc1ccc(OC(=O)CCCl)c(OC)c1. The molecule has 0 aliphatic heterocycles. The second-order valence-electron chi connectivity index (χ2n) is 3.39. The number of halogens is 1. The smallest absolute Gasteiger partial charge is 0.312 e. The molecule has 0 saturated heterocycles. The van der Waals surface area contributed by atoms with Crippen molar-refractivity contribution in [2.24, 2.45) is 0 Å². The number of rotatable bonds is 6. The number of allylic oxidation sites excluding steroid dienone is 1. The molecule has 0 bridgehead atoms. The van der Waals surface area contributed by atoms with E-state index >= 15 is 0 Å². The van der Waals surface area contributed by atoms with Gasteiger partial charge in [-0.25, -0.2) is 0 Å². The van der Waals surface area contributed by atoms with E-state index in [1.807, 2.05) is 12.1 Å². The van der Waals surface area contributed by atoms with Gasteiger partial charge in [0.1, 0.15) is 0 Å². The molecule has 17 heavy (non-hydrogen) atoms. The van der Waals surface area contributed by atoms with Gasteiger partial charge in [-0.2, -0.15) is 0 Å². The van der Waals surface area contributed by atoms with Gasteiger partial charge in [-0.05, 0) is 24.1 Å². The highest BCUT2D eigenvalue weighted by molar-refractivity contribution is 6.18. The van der Waals surface area contributed by atoms with Gasteiger partial charge in [0.25, 0.3) is 0 Å². The Balaban J connectivity index is 2.84. The van der Waals surface area contributed by atoms with Crippen LogP contribution >= 0.6 is 11.6 Å². The molecule has 0 amide bonds. The summed E-state index contributed by atoms with van der Waals surface area (Å²) in [6, 6.07) is 5.41. The van der Waals surface area contributed by atoms with Crippen molar-refractivity contribution in [1.29, 1.82) is 0 Å². The first kappa shape index (κ1) is 13.6. The molecule has 1 aromatic rings. The average molecular weight is 255 g/mol. The van der Waals surface area contributed by atoms with Gasteiger partial charge in [0.15, 0.2) is 11.5 Å². The third-order valence-corrected chi connectivity index (χ3v) is 2.32. The Hall–Kier alpha value is -1.48. The second kappa shape index (κ2) is 6.97. The number of carbonyl (C=O) groups is 1. The number of benzene rings is 1. The van der Waals surface area contributed by atoms with Crippen molar-refractivity contribution in [3.8, 4) is 11.5 Å². The lowest BCUT2D eigenvalue weighted by atomic mass is 10.1. The van der Waals surface area contributed by atoms with Crippen LogP contribution in [0.2, 0.25) is 0 Å². The van der Waals surface area contributed by atoms with Crippen LogP contribution in [-0.2, 0) is 11.2 Å². The van der Waals surface area contributed by atoms with Crippen molar-refractivity contribution in [2.45, 2.75) is 12.8 Å². The highest BCUT2D eigenvalue weighted by atomic mass is 35.5. The molecule has 1 aromatic carbocycles. The summed E-state index contributed by atoms with van der Waals surface area (Å²) in [6.45, 7) is 3.67. The quantitative estimate of drug-likeness (QED) is 0.339. The third kappa shape index (κ3) is 4.11. The zero-order chi connectivity index (χ0) is 12.7. The Morgan fingerprint density at radius 2 is 2.24 bits per heavy atom. The predicted molar refractivity (Wildman–Crippen MR) is 67.9 cm³/mol. The number of carbonyl (C=O) groups excluding carboxylic acids is 1. The minimum atomic E-state index is -0.366. The molecule has 4 heteroatoms. The molecule has 0 heterocycles. The van der Waals surface area contributed by atoms with Crippen molar-refractivity contribution in [3.63, 3.8) is 0 Å². The van der Waals surface area contributed by atoms with Crippen LogP contribution in [0.4, 0.5) is 0 Å². The highest BCUT2D eigenvalue weighted by Crippen LogP contribution is 2.28. The number of hydrogen-bond acceptors (Lipinski definition) is 3. The highest BCUT2D eigenvalue weighted by Gasteiger charge is 2.10. The zero-order valence-corrected chi connectivity index (χ0v) is 10.5. The summed E-state index contributed by atoms with van der Waals surface area (Å²) >= 11 is 5.46. The van der Waals surface area contributed by atoms with Gasteiger partial charge in [-0.15, -0.1) is 18.2 Å². The van der Waals surface area contributed by atoms with E-state index < -0.39 is 0 Å². The first-order valence-corrected chi connectivity index (χ1v) is 5.79. The van der Waals surface area contributed by atoms with Crippen LogP contribution in [0, 0.1) is 0 Å². The van der Waals surface area contributed by atoms with E-state index in [2.05, 4.69) is 6.58 Å². The fourth-order valence-electron chi connectivity index (χ4n) is 1.34. The van der Waals surface area contributed by atoms with Gasteiger partial charge in [0, 0.05) is 5.88 Å². The van der Waals surface area contributed by atoms with Crippen molar-refractivity contribution >= 4 is 17.6 Å². The molecule has 0 fully saturated rings. The average Bonchev–Trinajstić information content (AvgIpc) is 2.31. The molecule has 1 rings (SSSR count). The summed E-state index contributed by atoms with van der Waals surface area (Å²) in [6.07, 6.45) is 2.72. The Kier molecular flexibility index (Phi) is 5.57. The Morgan fingerprint density at radius 1 is 1.47 bits per heavy atom. The van der Waals surface area contributed by atoms with E-state index in [0.717, 1.165) is 12.0 Å². The van der Waals surface area contributed by atoms with Gasteiger partial charge < -0.3 is 9.47 Å². The molecule has 0 aliphatic rings. The number of methoxy groups -OCH3 is 1. The lowest BCUT2D eigenvalue weighted by Gasteiger charge is -2.10. The normalized spacial score (nSPS) is 9.76. The van der Waals surface area contributed by atoms with Gasteiger partial charge in [0.2, 0.25) is 0 Å². The molecule has 92 valence electrons. The third-order valence-electron chi connectivity index (χ3n) is 2.13. The van der Waals surface area contributed by atoms with E-state index in [-0.39, 0.29) is 18.3 Å². The summed E-state index contributed by atoms with van der Waals surface area (Å²) < 4.78 is 10.3. The van der Waals surface area contributed by atoms with E-state index in [1.54, 1.807) is 12.1 Å². The minimum absolute atomic E-state index is 0.180. The van der Waals surface area contributed by atoms with Crippen molar-refractivity contribution in [3.05, 3.63) is 36.4 Å². The van der Waals surface area contributed by atoms with Crippen molar-refractivity contribution in [2.75, 3.05) is 13.0 Å². The van der Waals surface area contributed by atoms with Crippen LogP contribution in [0.1, 0.15) is 12.0 Å². The Bertz CT molecular complexity index is 402. The molecular formula is C13H15ClO3. The molecule has 0 N–H and O–H groups in total. The summed E-state index contributed by atoms with van der Waals surface area (Å²) in [5, 5.41) is 0. The lowest BCUT2D eigenvalue weighted by Crippen LogP contribution is -2.09. The van der Waals surface area contributed by atoms with Gasteiger partial charge in [-0.3, -0.25) is 4.79 Å². The molecule has 3 nitrogen and oxygen atoms in total. The van der Waals surface area contributed by atoms with Crippen LogP contribution in [-0.4, -0.2) is 19.0 Å². The first-order valence-electron chi connectivity index (χ1n) is 5.25. The maximum Gasteiger partial charge on any atom is 0.312 e. The van der Waals surface area contributed by atoms with Crippen LogP contribution in [0.5, 0.6) is 11.5 Å². The largest absolute Gasteiger partial charge is 0.493 e. The fraction of sp³-hybridized carbons (Fsp3) is 0.308. The molecule has 0 spiro atoms. The van der Waals surface area contributed by atoms with E-state index in [1.165, 1.54) is 7.11 Å². The number of esters is 1. The lowest BCUT2D eigenvalue weighted by molar-refractivity contribution is -0.134. The summed E-state index contributed by atoms with van der Waals surface area (Å²) in [4.78, 5) is 11.3. The zero-order valence-electron chi connectivity index (χ0n) is 9.74. The van der Waals surface area contributed by atoms with Gasteiger partial charge >= 0.3 is 5.97 Å². The van der Waals surface area contributed by atoms with Crippen LogP contribution in [0.3, 0.4) is 0 Å². The van der Waals surface area contributed by atoms with Crippen LogP contribution in [0.15, 0.2) is 30.9 Å². The molecule has 0 unspecified atom stereocenters. The molecule has 0 aromatic heterocycles. The minimum Gasteiger partial charge on any atom is -0.493 e. The first-order chi connectivity index (χ1) is 8.21. The van der Waals surface area contributed by atoms with Gasteiger partial charge in [-0.1, -0.05) is 12.1 Å². The number of hydrogen-bond donors (Lipinski definition) is 0. The molecule has 0 saturated carbocycles.